The summed E-state index contributed by atoms with van der Waals surface area (Å²) in [4.78, 5) is 14.2. The zero-order valence-electron chi connectivity index (χ0n) is 15.4. The van der Waals surface area contributed by atoms with Gasteiger partial charge in [-0.3, -0.25) is 0 Å². The highest BCUT2D eigenvalue weighted by atomic mass is 35.5. The van der Waals surface area contributed by atoms with Gasteiger partial charge in [-0.1, -0.05) is 11.6 Å². The molecule has 1 amide bonds. The van der Waals surface area contributed by atoms with Crippen molar-refractivity contribution < 1.29 is 14.3 Å². The molecule has 1 aromatic carbocycles. The Bertz CT molecular complexity index is 535. The molecule has 0 radical (unpaired) electrons. The molecule has 6 heteroatoms. The van der Waals surface area contributed by atoms with Crippen molar-refractivity contribution in [2.24, 2.45) is 0 Å². The number of amides is 1. The van der Waals surface area contributed by atoms with E-state index in [-0.39, 0.29) is 12.1 Å². The van der Waals surface area contributed by atoms with E-state index in [4.69, 9.17) is 21.1 Å². The maximum absolute atomic E-state index is 11.8. The van der Waals surface area contributed by atoms with Crippen LogP contribution in [0.25, 0.3) is 0 Å². The van der Waals surface area contributed by atoms with E-state index in [1.807, 2.05) is 45.0 Å². The molecule has 1 fully saturated rings. The Morgan fingerprint density at radius 3 is 2.48 bits per heavy atom. The molecule has 0 bridgehead atoms. The van der Waals surface area contributed by atoms with Crippen molar-refractivity contribution in [3.05, 3.63) is 29.3 Å². The number of carbonyl (C=O) groups is 1. The summed E-state index contributed by atoms with van der Waals surface area (Å²) in [5.74, 6) is 0.852. The standard InChI is InChI=1S/C19H29ClN2O3/c1-19(2,3)25-18(23)21-16-9-12-22(13-10-16)11-4-14-24-17-7-5-15(20)6-8-17/h5-8,16H,4,9-14H2,1-3H3,(H,21,23). The Morgan fingerprint density at radius 2 is 1.88 bits per heavy atom. The molecule has 2 rings (SSSR count). The van der Waals surface area contributed by atoms with Crippen LogP contribution in [0.1, 0.15) is 40.0 Å². The number of hydrogen-bond acceptors (Lipinski definition) is 4. The predicted molar refractivity (Wildman–Crippen MR) is 100 cm³/mol. The number of ether oxygens (including phenoxy) is 2. The molecule has 1 heterocycles. The smallest absolute Gasteiger partial charge is 0.407 e. The SMILES string of the molecule is CC(C)(C)OC(=O)NC1CCN(CCCOc2ccc(Cl)cc2)CC1. The quantitative estimate of drug-likeness (QED) is 0.768. The van der Waals surface area contributed by atoms with Gasteiger partial charge in [0.15, 0.2) is 0 Å². The molecule has 5 nitrogen and oxygen atoms in total. The summed E-state index contributed by atoms with van der Waals surface area (Å²) >= 11 is 5.85. The highest BCUT2D eigenvalue weighted by Gasteiger charge is 2.23. The molecule has 0 unspecified atom stereocenters. The Hall–Kier alpha value is -1.46. The molecule has 0 aromatic heterocycles. The van der Waals surface area contributed by atoms with Crippen LogP contribution in [0.2, 0.25) is 5.02 Å². The summed E-state index contributed by atoms with van der Waals surface area (Å²) < 4.78 is 11.0. The highest BCUT2D eigenvalue weighted by molar-refractivity contribution is 6.30. The summed E-state index contributed by atoms with van der Waals surface area (Å²) in [7, 11) is 0. The minimum atomic E-state index is -0.450. The maximum atomic E-state index is 11.8. The molecule has 1 N–H and O–H groups in total. The molecule has 0 aliphatic carbocycles. The first kappa shape index (κ1) is 19.9. The minimum absolute atomic E-state index is 0.205. The van der Waals surface area contributed by atoms with Gasteiger partial charge < -0.3 is 19.7 Å². The normalized spacial score (nSPS) is 16.5. The molecule has 0 atom stereocenters. The predicted octanol–water partition coefficient (Wildman–Crippen LogP) is 4.10. The zero-order valence-corrected chi connectivity index (χ0v) is 16.1. The number of nitrogens with zero attached hydrogens (tertiary/aromatic N) is 1. The third-order valence-electron chi connectivity index (χ3n) is 4.01. The van der Waals surface area contributed by atoms with Gasteiger partial charge >= 0.3 is 6.09 Å². The van der Waals surface area contributed by atoms with E-state index < -0.39 is 5.60 Å². The first-order chi connectivity index (χ1) is 11.8. The topological polar surface area (TPSA) is 50.8 Å². The monoisotopic (exact) mass is 368 g/mol. The summed E-state index contributed by atoms with van der Waals surface area (Å²) in [6.45, 7) is 9.30. The summed E-state index contributed by atoms with van der Waals surface area (Å²) in [6.07, 6.45) is 2.57. The van der Waals surface area contributed by atoms with Gasteiger partial charge in [0.25, 0.3) is 0 Å². The lowest BCUT2D eigenvalue weighted by atomic mass is 10.1. The number of likely N-dealkylation sites (tertiary alicyclic amines) is 1. The van der Waals surface area contributed by atoms with Crippen LogP contribution in [0.5, 0.6) is 5.75 Å². The van der Waals surface area contributed by atoms with Gasteiger partial charge in [0.1, 0.15) is 11.4 Å². The maximum Gasteiger partial charge on any atom is 0.407 e. The second kappa shape index (κ2) is 9.30. The molecular weight excluding hydrogens is 340 g/mol. The highest BCUT2D eigenvalue weighted by Crippen LogP contribution is 2.16. The van der Waals surface area contributed by atoms with Gasteiger partial charge in [0, 0.05) is 30.7 Å². The van der Waals surface area contributed by atoms with E-state index in [1.165, 1.54) is 0 Å². The van der Waals surface area contributed by atoms with Crippen LogP contribution in [0.3, 0.4) is 0 Å². The second-order valence-corrected chi connectivity index (χ2v) is 7.85. The fraction of sp³-hybridized carbons (Fsp3) is 0.632. The molecule has 25 heavy (non-hydrogen) atoms. The Balaban J connectivity index is 1.57. The van der Waals surface area contributed by atoms with Crippen molar-refractivity contribution >= 4 is 17.7 Å². The van der Waals surface area contributed by atoms with Gasteiger partial charge in [-0.2, -0.15) is 0 Å². The lowest BCUT2D eigenvalue weighted by molar-refractivity contribution is 0.0478. The number of alkyl carbamates (subject to hydrolysis) is 1. The van der Waals surface area contributed by atoms with E-state index in [0.29, 0.717) is 6.61 Å². The van der Waals surface area contributed by atoms with E-state index in [9.17, 15) is 4.79 Å². The molecule has 1 aromatic rings. The zero-order chi connectivity index (χ0) is 18.3. The van der Waals surface area contributed by atoms with Gasteiger partial charge in [-0.15, -0.1) is 0 Å². The molecular formula is C19H29ClN2O3. The van der Waals surface area contributed by atoms with Gasteiger partial charge in [0.05, 0.1) is 6.61 Å². The molecule has 140 valence electrons. The largest absolute Gasteiger partial charge is 0.494 e. The summed E-state index contributed by atoms with van der Waals surface area (Å²) in [5.41, 5.74) is -0.450. The van der Waals surface area contributed by atoms with Crippen molar-refractivity contribution in [3.8, 4) is 5.75 Å². The Morgan fingerprint density at radius 1 is 1.24 bits per heavy atom. The lowest BCUT2D eigenvalue weighted by Gasteiger charge is -2.32. The molecule has 0 saturated carbocycles. The number of benzene rings is 1. The van der Waals surface area contributed by atoms with Crippen LogP contribution in [0.15, 0.2) is 24.3 Å². The minimum Gasteiger partial charge on any atom is -0.494 e. The fourth-order valence-electron chi connectivity index (χ4n) is 2.78. The van der Waals surface area contributed by atoms with Crippen LogP contribution in [-0.2, 0) is 4.74 Å². The van der Waals surface area contributed by atoms with Crippen molar-refractivity contribution in [2.45, 2.75) is 51.7 Å². The average molecular weight is 369 g/mol. The van der Waals surface area contributed by atoms with Crippen molar-refractivity contribution in [1.29, 1.82) is 0 Å². The Labute approximate surface area is 155 Å². The lowest BCUT2D eigenvalue weighted by Crippen LogP contribution is -2.46. The fourth-order valence-corrected chi connectivity index (χ4v) is 2.91. The number of nitrogens with one attached hydrogen (secondary N) is 1. The van der Waals surface area contributed by atoms with Crippen molar-refractivity contribution in [3.63, 3.8) is 0 Å². The first-order valence-corrected chi connectivity index (χ1v) is 9.30. The number of carbonyl (C=O) groups excluding carboxylic acids is 1. The number of piperidine rings is 1. The van der Waals surface area contributed by atoms with Gasteiger partial charge in [0.2, 0.25) is 0 Å². The number of halogens is 1. The third-order valence-corrected chi connectivity index (χ3v) is 4.26. The average Bonchev–Trinajstić information content (AvgIpc) is 2.53. The molecule has 1 aliphatic rings. The van der Waals surface area contributed by atoms with Gasteiger partial charge in [-0.25, -0.2) is 4.79 Å². The molecule has 0 spiro atoms. The van der Waals surface area contributed by atoms with Crippen LogP contribution >= 0.6 is 11.6 Å². The van der Waals surface area contributed by atoms with Crippen LogP contribution in [0, 0.1) is 0 Å². The molecule has 1 aliphatic heterocycles. The van der Waals surface area contributed by atoms with E-state index >= 15 is 0 Å². The summed E-state index contributed by atoms with van der Waals surface area (Å²) in [6, 6.07) is 7.64. The van der Waals surface area contributed by atoms with Crippen LogP contribution < -0.4 is 10.1 Å². The van der Waals surface area contributed by atoms with E-state index in [1.54, 1.807) is 0 Å². The van der Waals surface area contributed by atoms with E-state index in [2.05, 4.69) is 10.2 Å². The van der Waals surface area contributed by atoms with E-state index in [0.717, 1.165) is 49.7 Å². The van der Waals surface area contributed by atoms with Crippen LogP contribution in [0.4, 0.5) is 4.79 Å². The van der Waals surface area contributed by atoms with Crippen LogP contribution in [-0.4, -0.2) is 48.9 Å². The van der Waals surface area contributed by atoms with Crippen molar-refractivity contribution in [2.75, 3.05) is 26.2 Å². The third kappa shape index (κ3) is 7.97. The van der Waals surface area contributed by atoms with Gasteiger partial charge in [-0.05, 0) is 64.3 Å². The number of hydrogen-bond donors (Lipinski definition) is 1. The number of rotatable bonds is 6. The Kier molecular flexibility index (Phi) is 7.38. The van der Waals surface area contributed by atoms with Crippen molar-refractivity contribution in [1.82, 2.24) is 10.2 Å². The second-order valence-electron chi connectivity index (χ2n) is 7.42. The molecule has 1 saturated heterocycles. The summed E-state index contributed by atoms with van der Waals surface area (Å²) in [5, 5.41) is 3.68. The first-order valence-electron chi connectivity index (χ1n) is 8.92.